The number of nitrogens with zero attached hydrogens (tertiary/aromatic N) is 3. The number of aliphatic hydroxyl groups is 1. The molecule has 2 heterocycles. The largest absolute Gasteiger partial charge is 0.389 e. The lowest BCUT2D eigenvalue weighted by Crippen LogP contribution is -2.26. The highest BCUT2D eigenvalue weighted by Gasteiger charge is 2.14. The van der Waals surface area contributed by atoms with Crippen molar-refractivity contribution >= 4 is 5.95 Å². The van der Waals surface area contributed by atoms with Crippen molar-refractivity contribution in [3.05, 3.63) is 17.5 Å². The lowest BCUT2D eigenvalue weighted by atomic mass is 10.1. The molecule has 0 amide bonds. The topological polar surface area (TPSA) is 49.2 Å². The Bertz CT molecular complexity index is 371. The van der Waals surface area contributed by atoms with Gasteiger partial charge in [-0.1, -0.05) is 12.8 Å². The van der Waals surface area contributed by atoms with Gasteiger partial charge in [-0.05, 0) is 26.7 Å². The minimum absolute atomic E-state index is 0.492. The molecule has 1 fully saturated rings. The molecule has 1 aromatic rings. The third-order valence-electron chi connectivity index (χ3n) is 3.34. The Labute approximate surface area is 103 Å². The molecule has 0 saturated carbocycles. The summed E-state index contributed by atoms with van der Waals surface area (Å²) in [6, 6.07) is 0. The van der Waals surface area contributed by atoms with Crippen molar-refractivity contribution in [1.29, 1.82) is 0 Å². The van der Waals surface area contributed by atoms with E-state index in [9.17, 15) is 5.11 Å². The smallest absolute Gasteiger partial charge is 0.225 e. The van der Waals surface area contributed by atoms with Gasteiger partial charge in [0.05, 0.1) is 6.10 Å². The number of hydrogen-bond donors (Lipinski definition) is 1. The molecule has 0 aromatic carbocycles. The summed E-state index contributed by atoms with van der Waals surface area (Å²) in [6.07, 6.45) is 6.32. The number of aryl methyl sites for hydroxylation is 1. The molecule has 1 N–H and O–H groups in total. The van der Waals surface area contributed by atoms with Gasteiger partial charge < -0.3 is 10.0 Å². The van der Waals surface area contributed by atoms with Gasteiger partial charge in [-0.25, -0.2) is 9.97 Å². The van der Waals surface area contributed by atoms with Crippen LogP contribution in [0.5, 0.6) is 0 Å². The lowest BCUT2D eigenvalue weighted by molar-refractivity contribution is 0.197. The lowest BCUT2D eigenvalue weighted by Gasteiger charge is -2.21. The van der Waals surface area contributed by atoms with E-state index in [1.54, 1.807) is 13.1 Å². The molecule has 1 aromatic heterocycles. The number of aliphatic hydroxyl groups excluding tert-OH is 1. The Morgan fingerprint density at radius 1 is 1.24 bits per heavy atom. The Balaban J connectivity index is 2.18. The fourth-order valence-electron chi connectivity index (χ4n) is 2.30. The molecule has 94 valence electrons. The van der Waals surface area contributed by atoms with Crippen LogP contribution >= 0.6 is 0 Å². The van der Waals surface area contributed by atoms with Crippen molar-refractivity contribution in [2.45, 2.75) is 45.6 Å². The van der Waals surface area contributed by atoms with E-state index in [4.69, 9.17) is 0 Å². The number of aromatic nitrogens is 2. The maximum atomic E-state index is 9.56. The Kier molecular flexibility index (Phi) is 3.94. The number of hydrogen-bond acceptors (Lipinski definition) is 4. The van der Waals surface area contributed by atoms with Crippen LogP contribution in [0.2, 0.25) is 0 Å². The zero-order chi connectivity index (χ0) is 12.3. The fraction of sp³-hybridized carbons (Fsp3) is 0.692. The molecule has 0 radical (unpaired) electrons. The average Bonchev–Trinajstić information content (AvgIpc) is 2.56. The van der Waals surface area contributed by atoms with Gasteiger partial charge in [-0.15, -0.1) is 0 Å². The minimum atomic E-state index is -0.492. The molecule has 0 bridgehead atoms. The molecule has 0 aliphatic carbocycles. The van der Waals surface area contributed by atoms with E-state index in [-0.39, 0.29) is 0 Å². The van der Waals surface area contributed by atoms with Gasteiger partial charge in [0, 0.05) is 30.5 Å². The van der Waals surface area contributed by atoms with Gasteiger partial charge in [0.15, 0.2) is 0 Å². The Morgan fingerprint density at radius 3 is 2.41 bits per heavy atom. The predicted octanol–water partition coefficient (Wildman–Crippen LogP) is 2.22. The second-order valence-corrected chi connectivity index (χ2v) is 4.79. The van der Waals surface area contributed by atoms with Gasteiger partial charge in [0.25, 0.3) is 0 Å². The van der Waals surface area contributed by atoms with Crippen molar-refractivity contribution in [1.82, 2.24) is 9.97 Å². The van der Waals surface area contributed by atoms with Gasteiger partial charge in [0.1, 0.15) is 0 Å². The third kappa shape index (κ3) is 2.94. The van der Waals surface area contributed by atoms with Crippen molar-refractivity contribution in [2.24, 2.45) is 0 Å². The van der Waals surface area contributed by atoms with Crippen molar-refractivity contribution in [2.75, 3.05) is 18.0 Å². The van der Waals surface area contributed by atoms with Gasteiger partial charge in [-0.3, -0.25) is 0 Å². The zero-order valence-electron chi connectivity index (χ0n) is 10.7. The Morgan fingerprint density at radius 2 is 1.88 bits per heavy atom. The van der Waals surface area contributed by atoms with E-state index in [0.717, 1.165) is 30.3 Å². The first-order valence-corrected chi connectivity index (χ1v) is 6.45. The molecular weight excluding hydrogens is 214 g/mol. The number of anilines is 1. The van der Waals surface area contributed by atoms with E-state index in [1.165, 1.54) is 25.7 Å². The highest BCUT2D eigenvalue weighted by molar-refractivity contribution is 5.33. The molecule has 1 aliphatic heterocycles. The highest BCUT2D eigenvalue weighted by Crippen LogP contribution is 2.19. The van der Waals surface area contributed by atoms with Gasteiger partial charge in [-0.2, -0.15) is 0 Å². The SMILES string of the molecule is Cc1nc(N2CCCCCC2)ncc1C(C)O. The second kappa shape index (κ2) is 5.45. The molecule has 1 saturated heterocycles. The average molecular weight is 235 g/mol. The fourth-order valence-corrected chi connectivity index (χ4v) is 2.30. The van der Waals surface area contributed by atoms with Crippen molar-refractivity contribution in [3.63, 3.8) is 0 Å². The maximum Gasteiger partial charge on any atom is 0.225 e. The molecule has 0 spiro atoms. The molecule has 4 nitrogen and oxygen atoms in total. The summed E-state index contributed by atoms with van der Waals surface area (Å²) in [5.74, 6) is 0.814. The molecular formula is C13H21N3O. The third-order valence-corrected chi connectivity index (χ3v) is 3.34. The monoisotopic (exact) mass is 235 g/mol. The molecule has 4 heteroatoms. The van der Waals surface area contributed by atoms with Crippen LogP contribution in [-0.2, 0) is 0 Å². The summed E-state index contributed by atoms with van der Waals surface area (Å²) in [5.41, 5.74) is 1.71. The zero-order valence-corrected chi connectivity index (χ0v) is 10.7. The molecule has 1 aliphatic rings. The van der Waals surface area contributed by atoms with Crippen LogP contribution in [0.4, 0.5) is 5.95 Å². The standard InChI is InChI=1S/C13H21N3O/c1-10-12(11(2)17)9-14-13(15-10)16-7-5-3-4-6-8-16/h9,11,17H,3-8H2,1-2H3. The quantitative estimate of drug-likeness (QED) is 0.854. The van der Waals surface area contributed by atoms with Crippen LogP contribution < -0.4 is 4.90 Å². The number of rotatable bonds is 2. The summed E-state index contributed by atoms with van der Waals surface area (Å²) in [5, 5.41) is 9.56. The van der Waals surface area contributed by atoms with Crippen LogP contribution in [-0.4, -0.2) is 28.2 Å². The van der Waals surface area contributed by atoms with E-state index < -0.39 is 6.10 Å². The van der Waals surface area contributed by atoms with Gasteiger partial charge >= 0.3 is 0 Å². The summed E-state index contributed by atoms with van der Waals surface area (Å²) >= 11 is 0. The van der Waals surface area contributed by atoms with Crippen LogP contribution in [0.3, 0.4) is 0 Å². The molecule has 1 atom stereocenters. The molecule has 2 rings (SSSR count). The molecule has 17 heavy (non-hydrogen) atoms. The minimum Gasteiger partial charge on any atom is -0.389 e. The highest BCUT2D eigenvalue weighted by atomic mass is 16.3. The summed E-state index contributed by atoms with van der Waals surface area (Å²) in [4.78, 5) is 11.2. The van der Waals surface area contributed by atoms with E-state index >= 15 is 0 Å². The van der Waals surface area contributed by atoms with Gasteiger partial charge in [0.2, 0.25) is 5.95 Å². The second-order valence-electron chi connectivity index (χ2n) is 4.79. The molecule has 1 unspecified atom stereocenters. The van der Waals surface area contributed by atoms with Crippen LogP contribution in [0.1, 0.15) is 50.0 Å². The summed E-state index contributed by atoms with van der Waals surface area (Å²) in [6.45, 7) is 5.78. The normalized spacial score (nSPS) is 18.9. The van der Waals surface area contributed by atoms with Crippen LogP contribution in [0, 0.1) is 6.92 Å². The maximum absolute atomic E-state index is 9.56. The predicted molar refractivity (Wildman–Crippen MR) is 68.1 cm³/mol. The van der Waals surface area contributed by atoms with E-state index in [0.29, 0.717) is 0 Å². The first kappa shape index (κ1) is 12.3. The first-order valence-electron chi connectivity index (χ1n) is 6.45. The Hall–Kier alpha value is -1.16. The summed E-state index contributed by atoms with van der Waals surface area (Å²) in [7, 11) is 0. The van der Waals surface area contributed by atoms with Crippen LogP contribution in [0.25, 0.3) is 0 Å². The van der Waals surface area contributed by atoms with E-state index in [1.807, 2.05) is 6.92 Å². The van der Waals surface area contributed by atoms with E-state index in [2.05, 4.69) is 14.9 Å². The summed E-state index contributed by atoms with van der Waals surface area (Å²) < 4.78 is 0. The first-order chi connectivity index (χ1) is 8.18. The van der Waals surface area contributed by atoms with Crippen molar-refractivity contribution < 1.29 is 5.11 Å². The van der Waals surface area contributed by atoms with Crippen molar-refractivity contribution in [3.8, 4) is 0 Å². The van der Waals surface area contributed by atoms with Crippen LogP contribution in [0.15, 0.2) is 6.20 Å².